The van der Waals surface area contributed by atoms with Crippen molar-refractivity contribution >= 4 is 11.6 Å². The molecule has 0 aliphatic carbocycles. The maximum absolute atomic E-state index is 13.0. The number of aromatic nitrogens is 2. The molecule has 1 N–H and O–H groups in total. The lowest BCUT2D eigenvalue weighted by atomic mass is 10.1. The molecule has 0 spiro atoms. The van der Waals surface area contributed by atoms with E-state index in [-0.39, 0.29) is 5.91 Å². The number of aryl methyl sites for hydroxylation is 2. The first kappa shape index (κ1) is 20.0. The van der Waals surface area contributed by atoms with Crippen molar-refractivity contribution in [3.63, 3.8) is 0 Å². The summed E-state index contributed by atoms with van der Waals surface area (Å²) in [6.45, 7) is 5.86. The van der Waals surface area contributed by atoms with Gasteiger partial charge in [0.25, 0.3) is 5.91 Å². The largest absolute Gasteiger partial charge is 0.490 e. The molecular weight excluding hydrogens is 378 g/mol. The van der Waals surface area contributed by atoms with Gasteiger partial charge in [-0.1, -0.05) is 18.2 Å². The number of fused-ring (bicyclic) bond motifs is 1. The van der Waals surface area contributed by atoms with Crippen LogP contribution in [0, 0.1) is 0 Å². The van der Waals surface area contributed by atoms with Crippen LogP contribution in [0.5, 0.6) is 11.5 Å². The van der Waals surface area contributed by atoms with Crippen molar-refractivity contribution in [1.82, 2.24) is 9.55 Å². The van der Waals surface area contributed by atoms with Gasteiger partial charge in [-0.15, -0.1) is 0 Å². The average molecular weight is 405 g/mol. The van der Waals surface area contributed by atoms with Gasteiger partial charge in [-0.2, -0.15) is 0 Å². The quantitative estimate of drug-likeness (QED) is 0.605. The highest BCUT2D eigenvalue weighted by Gasteiger charge is 2.17. The van der Waals surface area contributed by atoms with E-state index in [0.717, 1.165) is 35.7 Å². The Bertz CT molecular complexity index is 1020. The molecular formula is C24H27N3O3. The lowest BCUT2D eigenvalue weighted by Gasteiger charge is -2.13. The van der Waals surface area contributed by atoms with Gasteiger partial charge in [0.2, 0.25) is 0 Å². The number of carbonyl (C=O) groups excluding carboxylic acids is 1. The third kappa shape index (κ3) is 4.17. The van der Waals surface area contributed by atoms with Crippen LogP contribution in [-0.4, -0.2) is 28.7 Å². The lowest BCUT2D eigenvalue weighted by Crippen LogP contribution is -2.13. The van der Waals surface area contributed by atoms with Crippen LogP contribution in [0.1, 0.15) is 42.9 Å². The Morgan fingerprint density at radius 2 is 1.87 bits per heavy atom. The van der Waals surface area contributed by atoms with Crippen molar-refractivity contribution in [1.29, 1.82) is 0 Å². The predicted octanol–water partition coefficient (Wildman–Crippen LogP) is 4.94. The van der Waals surface area contributed by atoms with Gasteiger partial charge in [-0.3, -0.25) is 4.79 Å². The number of rotatable bonds is 7. The zero-order valence-electron chi connectivity index (χ0n) is 17.5. The zero-order valence-corrected chi connectivity index (χ0v) is 17.5. The van der Waals surface area contributed by atoms with Crippen LogP contribution < -0.4 is 14.8 Å². The van der Waals surface area contributed by atoms with Crippen LogP contribution in [0.4, 0.5) is 5.69 Å². The topological polar surface area (TPSA) is 65.4 Å². The van der Waals surface area contributed by atoms with Gasteiger partial charge in [-0.25, -0.2) is 4.98 Å². The summed E-state index contributed by atoms with van der Waals surface area (Å²) in [6.07, 6.45) is 5.44. The van der Waals surface area contributed by atoms with E-state index < -0.39 is 0 Å². The summed E-state index contributed by atoms with van der Waals surface area (Å²) in [6, 6.07) is 13.0. The smallest absolute Gasteiger partial charge is 0.255 e. The van der Waals surface area contributed by atoms with Crippen molar-refractivity contribution in [3.05, 3.63) is 60.0 Å². The predicted molar refractivity (Wildman–Crippen MR) is 117 cm³/mol. The van der Waals surface area contributed by atoms with Gasteiger partial charge in [0.1, 0.15) is 5.82 Å². The standard InChI is InChI=1S/C24H27N3O3/c1-3-29-21-13-12-17(15-22(21)30-4-2)24(28)26-19-10-6-5-9-18(19)20-16-27-14-8-7-11-23(27)25-20/h5-6,9-10,12-13,15-16H,3-4,7-8,11,14H2,1-2H3,(H,26,28). The first-order chi connectivity index (χ1) is 14.7. The molecule has 0 unspecified atom stereocenters. The summed E-state index contributed by atoms with van der Waals surface area (Å²) < 4.78 is 13.5. The first-order valence-electron chi connectivity index (χ1n) is 10.6. The number of nitrogens with one attached hydrogen (secondary N) is 1. The fourth-order valence-corrected chi connectivity index (χ4v) is 3.74. The van der Waals surface area contributed by atoms with Crippen LogP contribution in [-0.2, 0) is 13.0 Å². The fraction of sp³-hybridized carbons (Fsp3) is 0.333. The molecule has 1 aliphatic heterocycles. The van der Waals surface area contributed by atoms with Crippen LogP contribution in [0.25, 0.3) is 11.3 Å². The summed E-state index contributed by atoms with van der Waals surface area (Å²) in [4.78, 5) is 17.8. The average Bonchev–Trinajstić information content (AvgIpc) is 3.20. The van der Waals surface area contributed by atoms with Crippen LogP contribution >= 0.6 is 0 Å². The van der Waals surface area contributed by atoms with Gasteiger partial charge in [0.05, 0.1) is 24.6 Å². The van der Waals surface area contributed by atoms with Crippen LogP contribution in [0.3, 0.4) is 0 Å². The molecule has 6 nitrogen and oxygen atoms in total. The van der Waals surface area contributed by atoms with Crippen molar-refractivity contribution in [2.75, 3.05) is 18.5 Å². The Hall–Kier alpha value is -3.28. The van der Waals surface area contributed by atoms with Gasteiger partial charge in [-0.05, 0) is 51.0 Å². The zero-order chi connectivity index (χ0) is 20.9. The van der Waals surface area contributed by atoms with Gasteiger partial charge in [0, 0.05) is 30.3 Å². The summed E-state index contributed by atoms with van der Waals surface area (Å²) in [5.74, 6) is 2.13. The van der Waals surface area contributed by atoms with E-state index in [0.29, 0.717) is 30.3 Å². The number of hydrogen-bond donors (Lipinski definition) is 1. The van der Waals surface area contributed by atoms with E-state index in [2.05, 4.69) is 16.1 Å². The molecule has 0 saturated heterocycles. The second kappa shape index (κ2) is 9.03. The SMILES string of the molecule is CCOc1ccc(C(=O)Nc2ccccc2-c2cn3c(n2)CCCC3)cc1OCC. The molecule has 30 heavy (non-hydrogen) atoms. The highest BCUT2D eigenvalue weighted by Crippen LogP contribution is 2.31. The molecule has 0 bridgehead atoms. The van der Waals surface area contributed by atoms with Crippen molar-refractivity contribution in [3.8, 4) is 22.8 Å². The second-order valence-electron chi connectivity index (χ2n) is 7.22. The summed E-state index contributed by atoms with van der Waals surface area (Å²) in [5.41, 5.74) is 3.07. The Kier molecular flexibility index (Phi) is 6.02. The minimum atomic E-state index is -0.199. The maximum atomic E-state index is 13.0. The number of amides is 1. The van der Waals surface area contributed by atoms with Crippen molar-refractivity contribution in [2.24, 2.45) is 0 Å². The normalized spacial score (nSPS) is 12.9. The van der Waals surface area contributed by atoms with E-state index in [4.69, 9.17) is 14.5 Å². The first-order valence-corrected chi connectivity index (χ1v) is 10.6. The van der Waals surface area contributed by atoms with Gasteiger partial charge >= 0.3 is 0 Å². The Morgan fingerprint density at radius 1 is 1.07 bits per heavy atom. The Labute approximate surface area is 176 Å². The number of hydrogen-bond acceptors (Lipinski definition) is 4. The molecule has 0 fully saturated rings. The van der Waals surface area contributed by atoms with E-state index in [9.17, 15) is 4.79 Å². The summed E-state index contributed by atoms with van der Waals surface area (Å²) >= 11 is 0. The van der Waals surface area contributed by atoms with Crippen LogP contribution in [0.2, 0.25) is 0 Å². The van der Waals surface area contributed by atoms with Crippen molar-refractivity contribution in [2.45, 2.75) is 39.7 Å². The summed E-state index contributed by atoms with van der Waals surface area (Å²) in [5, 5.41) is 3.04. The molecule has 0 saturated carbocycles. The highest BCUT2D eigenvalue weighted by molar-refractivity contribution is 6.06. The Morgan fingerprint density at radius 3 is 2.67 bits per heavy atom. The molecule has 3 aromatic rings. The molecule has 4 rings (SSSR count). The number of carbonyl (C=O) groups is 1. The monoisotopic (exact) mass is 405 g/mol. The third-order valence-electron chi connectivity index (χ3n) is 5.17. The number of ether oxygens (including phenoxy) is 2. The molecule has 1 aliphatic rings. The number of para-hydroxylation sites is 1. The minimum absolute atomic E-state index is 0.199. The van der Waals surface area contributed by atoms with E-state index in [1.54, 1.807) is 18.2 Å². The number of imidazole rings is 1. The second-order valence-corrected chi connectivity index (χ2v) is 7.22. The van der Waals surface area contributed by atoms with Crippen LogP contribution in [0.15, 0.2) is 48.7 Å². The molecule has 156 valence electrons. The number of anilines is 1. The number of benzene rings is 2. The molecule has 6 heteroatoms. The minimum Gasteiger partial charge on any atom is -0.490 e. The molecule has 0 radical (unpaired) electrons. The number of nitrogens with zero attached hydrogens (tertiary/aromatic N) is 2. The molecule has 2 heterocycles. The molecule has 1 amide bonds. The molecule has 0 atom stereocenters. The summed E-state index contributed by atoms with van der Waals surface area (Å²) in [7, 11) is 0. The molecule has 2 aromatic carbocycles. The fourth-order valence-electron chi connectivity index (χ4n) is 3.74. The van der Waals surface area contributed by atoms with E-state index >= 15 is 0 Å². The molecule has 1 aromatic heterocycles. The maximum Gasteiger partial charge on any atom is 0.255 e. The van der Waals surface area contributed by atoms with Gasteiger partial charge in [0.15, 0.2) is 11.5 Å². The highest BCUT2D eigenvalue weighted by atomic mass is 16.5. The lowest BCUT2D eigenvalue weighted by molar-refractivity contribution is 0.102. The Balaban J connectivity index is 1.60. The van der Waals surface area contributed by atoms with E-state index in [1.807, 2.05) is 38.1 Å². The van der Waals surface area contributed by atoms with Crippen molar-refractivity contribution < 1.29 is 14.3 Å². The van der Waals surface area contributed by atoms with Gasteiger partial charge < -0.3 is 19.4 Å². The third-order valence-corrected chi connectivity index (χ3v) is 5.17. The van der Waals surface area contributed by atoms with E-state index in [1.165, 1.54) is 12.8 Å².